The molecule has 0 spiro atoms. The summed E-state index contributed by atoms with van der Waals surface area (Å²) < 4.78 is 45.1. The molecule has 0 saturated heterocycles. The fourth-order valence-corrected chi connectivity index (χ4v) is 1.81. The summed E-state index contributed by atoms with van der Waals surface area (Å²) in [7, 11) is 1.44. The highest BCUT2D eigenvalue weighted by atomic mass is 19.4. The van der Waals surface area contributed by atoms with Gasteiger partial charge in [0.05, 0.1) is 12.7 Å². The number of rotatable bonds is 3. The Balaban J connectivity index is 2.29. The van der Waals surface area contributed by atoms with Crippen LogP contribution in [0.25, 0.3) is 11.1 Å². The molecule has 0 unspecified atom stereocenters. The van der Waals surface area contributed by atoms with Crippen LogP contribution in [0.15, 0.2) is 42.5 Å². The van der Waals surface area contributed by atoms with E-state index >= 15 is 0 Å². The molecular weight excluding hydrogens is 283 g/mol. The molecule has 2 aromatic carbocycles. The lowest BCUT2D eigenvalue weighted by atomic mass is 10.0. The van der Waals surface area contributed by atoms with Crippen LogP contribution in [0.3, 0.4) is 0 Å². The molecule has 0 atom stereocenters. The Bertz CT molecular complexity index is 673. The summed E-state index contributed by atoms with van der Waals surface area (Å²) in [6.45, 7) is 0. The van der Waals surface area contributed by atoms with E-state index in [-0.39, 0.29) is 5.75 Å². The van der Waals surface area contributed by atoms with Gasteiger partial charge in [-0.3, -0.25) is 0 Å². The lowest BCUT2D eigenvalue weighted by molar-refractivity contribution is -0.274. The first-order valence-electron chi connectivity index (χ1n) is 5.87. The van der Waals surface area contributed by atoms with E-state index in [1.165, 1.54) is 31.4 Å². The lowest BCUT2D eigenvalue weighted by Crippen LogP contribution is -2.16. The molecule has 0 saturated carbocycles. The second-order valence-corrected chi connectivity index (χ2v) is 4.10. The summed E-state index contributed by atoms with van der Waals surface area (Å²) in [4.78, 5) is 0. The molecule has 2 rings (SSSR count). The number of hydrogen-bond donors (Lipinski definition) is 0. The molecule has 2 aromatic rings. The van der Waals surface area contributed by atoms with Gasteiger partial charge in [0.1, 0.15) is 17.6 Å². The molecule has 0 N–H and O–H groups in total. The van der Waals surface area contributed by atoms with Crippen molar-refractivity contribution >= 4 is 0 Å². The second-order valence-electron chi connectivity index (χ2n) is 4.10. The maximum atomic E-state index is 12.1. The molecule has 108 valence electrons. The van der Waals surface area contributed by atoms with Crippen LogP contribution in [0, 0.1) is 11.3 Å². The largest absolute Gasteiger partial charge is 0.573 e. The van der Waals surface area contributed by atoms with Gasteiger partial charge in [-0.1, -0.05) is 18.2 Å². The molecule has 0 radical (unpaired) electrons. The van der Waals surface area contributed by atoms with Crippen LogP contribution in [0.2, 0.25) is 0 Å². The first kappa shape index (κ1) is 14.7. The van der Waals surface area contributed by atoms with Crippen LogP contribution in [0.1, 0.15) is 5.56 Å². The van der Waals surface area contributed by atoms with E-state index in [1.54, 1.807) is 18.2 Å². The minimum atomic E-state index is -4.71. The van der Waals surface area contributed by atoms with Crippen LogP contribution < -0.4 is 9.47 Å². The third kappa shape index (κ3) is 3.66. The molecule has 0 aliphatic carbocycles. The van der Waals surface area contributed by atoms with Crippen molar-refractivity contribution in [2.75, 3.05) is 7.11 Å². The highest BCUT2D eigenvalue weighted by Gasteiger charge is 2.30. The Labute approximate surface area is 119 Å². The highest BCUT2D eigenvalue weighted by molar-refractivity contribution is 5.67. The third-order valence-corrected chi connectivity index (χ3v) is 2.74. The van der Waals surface area contributed by atoms with Crippen LogP contribution in [-0.2, 0) is 0 Å². The SMILES string of the molecule is COc1cc(-c2ccc(OC(F)(F)F)cc2)ccc1C#N. The van der Waals surface area contributed by atoms with Crippen molar-refractivity contribution in [2.45, 2.75) is 6.36 Å². The molecule has 0 aliphatic rings. The van der Waals surface area contributed by atoms with Crippen LogP contribution >= 0.6 is 0 Å². The predicted molar refractivity (Wildman–Crippen MR) is 69.8 cm³/mol. The summed E-state index contributed by atoms with van der Waals surface area (Å²) in [5, 5.41) is 8.90. The first-order chi connectivity index (χ1) is 9.93. The van der Waals surface area contributed by atoms with E-state index in [0.717, 1.165) is 5.56 Å². The Morgan fingerprint density at radius 3 is 2.14 bits per heavy atom. The van der Waals surface area contributed by atoms with Gasteiger partial charge in [-0.15, -0.1) is 13.2 Å². The molecule has 0 aliphatic heterocycles. The highest BCUT2D eigenvalue weighted by Crippen LogP contribution is 2.29. The number of alkyl halides is 3. The van der Waals surface area contributed by atoms with Gasteiger partial charge < -0.3 is 9.47 Å². The van der Waals surface area contributed by atoms with E-state index in [1.807, 2.05) is 6.07 Å². The van der Waals surface area contributed by atoms with E-state index in [2.05, 4.69) is 4.74 Å². The van der Waals surface area contributed by atoms with E-state index in [9.17, 15) is 13.2 Å². The molecule has 0 heterocycles. The lowest BCUT2D eigenvalue weighted by Gasteiger charge is -2.10. The van der Waals surface area contributed by atoms with Gasteiger partial charge >= 0.3 is 6.36 Å². The smallest absolute Gasteiger partial charge is 0.495 e. The van der Waals surface area contributed by atoms with Crippen molar-refractivity contribution in [1.82, 2.24) is 0 Å². The summed E-state index contributed by atoms with van der Waals surface area (Å²) in [6.07, 6.45) is -4.71. The van der Waals surface area contributed by atoms with Gasteiger partial charge in [0.2, 0.25) is 0 Å². The van der Waals surface area contributed by atoms with Crippen molar-refractivity contribution in [3.05, 3.63) is 48.0 Å². The molecule has 6 heteroatoms. The number of halogens is 3. The number of nitrogens with zero attached hydrogens (tertiary/aromatic N) is 1. The molecule has 0 fully saturated rings. The average molecular weight is 293 g/mol. The standard InChI is InChI=1S/C15H10F3NO2/c1-20-14-8-11(2-3-12(14)9-19)10-4-6-13(7-5-10)21-15(16,17)18/h2-8H,1H3. The topological polar surface area (TPSA) is 42.2 Å². The van der Waals surface area contributed by atoms with Gasteiger partial charge in [-0.05, 0) is 35.4 Å². The minimum absolute atomic E-state index is 0.285. The van der Waals surface area contributed by atoms with Gasteiger partial charge in [-0.25, -0.2) is 0 Å². The summed E-state index contributed by atoms with van der Waals surface area (Å²) in [5.74, 6) is 0.123. The molecule has 3 nitrogen and oxygen atoms in total. The van der Waals surface area contributed by atoms with Gasteiger partial charge in [-0.2, -0.15) is 5.26 Å². The quantitative estimate of drug-likeness (QED) is 0.854. The van der Waals surface area contributed by atoms with Crippen molar-refractivity contribution in [2.24, 2.45) is 0 Å². The molecule has 21 heavy (non-hydrogen) atoms. The van der Waals surface area contributed by atoms with Crippen molar-refractivity contribution < 1.29 is 22.6 Å². The maximum absolute atomic E-state index is 12.1. The van der Waals surface area contributed by atoms with Crippen LogP contribution in [0.4, 0.5) is 13.2 Å². The maximum Gasteiger partial charge on any atom is 0.573 e. The zero-order valence-corrected chi connectivity index (χ0v) is 10.9. The number of nitriles is 1. The summed E-state index contributed by atoms with van der Waals surface area (Å²) in [6, 6.07) is 12.4. The zero-order chi connectivity index (χ0) is 15.5. The van der Waals surface area contributed by atoms with Crippen LogP contribution in [0.5, 0.6) is 11.5 Å². The van der Waals surface area contributed by atoms with Crippen molar-refractivity contribution in [3.63, 3.8) is 0 Å². The Morgan fingerprint density at radius 2 is 1.62 bits per heavy atom. The van der Waals surface area contributed by atoms with E-state index in [4.69, 9.17) is 10.00 Å². The number of methoxy groups -OCH3 is 1. The average Bonchev–Trinajstić information content (AvgIpc) is 2.45. The fraction of sp³-hybridized carbons (Fsp3) is 0.133. The molecule has 0 bridgehead atoms. The fourth-order valence-electron chi connectivity index (χ4n) is 1.81. The first-order valence-corrected chi connectivity index (χ1v) is 5.87. The van der Waals surface area contributed by atoms with Gasteiger partial charge in [0, 0.05) is 0 Å². The van der Waals surface area contributed by atoms with Crippen LogP contribution in [-0.4, -0.2) is 13.5 Å². The Kier molecular flexibility index (Phi) is 4.03. The van der Waals surface area contributed by atoms with Gasteiger partial charge in [0.15, 0.2) is 0 Å². The summed E-state index contributed by atoms with van der Waals surface area (Å²) >= 11 is 0. The summed E-state index contributed by atoms with van der Waals surface area (Å²) in [5.41, 5.74) is 1.80. The van der Waals surface area contributed by atoms with E-state index < -0.39 is 6.36 Å². The van der Waals surface area contributed by atoms with Crippen molar-refractivity contribution in [3.8, 4) is 28.7 Å². The Hall–Kier alpha value is -2.68. The monoisotopic (exact) mass is 293 g/mol. The van der Waals surface area contributed by atoms with Crippen molar-refractivity contribution in [1.29, 1.82) is 5.26 Å². The normalized spacial score (nSPS) is 10.8. The molecule has 0 aromatic heterocycles. The zero-order valence-electron chi connectivity index (χ0n) is 10.9. The Morgan fingerprint density at radius 1 is 1.00 bits per heavy atom. The second kappa shape index (κ2) is 5.75. The molecular formula is C15H10F3NO2. The number of ether oxygens (including phenoxy) is 2. The van der Waals surface area contributed by atoms with Gasteiger partial charge in [0.25, 0.3) is 0 Å². The third-order valence-electron chi connectivity index (χ3n) is 2.74. The predicted octanol–water partition coefficient (Wildman–Crippen LogP) is 4.13. The minimum Gasteiger partial charge on any atom is -0.495 e. The molecule has 0 amide bonds. The number of benzene rings is 2. The number of hydrogen-bond acceptors (Lipinski definition) is 3. The van der Waals surface area contributed by atoms with E-state index in [0.29, 0.717) is 16.9 Å².